The number of aryl methyl sites for hydroxylation is 2. The van der Waals surface area contributed by atoms with Crippen molar-refractivity contribution in [1.82, 2.24) is 19.5 Å². The van der Waals surface area contributed by atoms with Gasteiger partial charge in [0.1, 0.15) is 0 Å². The number of nitrogens with zero attached hydrogens (tertiary/aromatic N) is 4. The molecule has 3 rings (SSSR count). The Hall–Kier alpha value is -1.84. The maximum absolute atomic E-state index is 4.49. The van der Waals surface area contributed by atoms with Crippen LogP contribution in [0.15, 0.2) is 36.8 Å². The van der Waals surface area contributed by atoms with Gasteiger partial charge in [-0.15, -0.1) is 0 Å². The molecule has 0 spiro atoms. The van der Waals surface area contributed by atoms with Crippen molar-refractivity contribution in [3.05, 3.63) is 59.9 Å². The minimum absolute atomic E-state index is 0. The van der Waals surface area contributed by atoms with E-state index < -0.39 is 0 Å². The zero-order valence-electron chi connectivity index (χ0n) is 14.6. The van der Waals surface area contributed by atoms with Crippen LogP contribution in [0.25, 0.3) is 17.1 Å². The molecule has 0 aliphatic rings. The minimum atomic E-state index is -0.0863. The molecule has 127 valence electrons. The number of rotatable bonds is 2. The van der Waals surface area contributed by atoms with Gasteiger partial charge in [0.25, 0.3) is 0 Å². The summed E-state index contributed by atoms with van der Waals surface area (Å²) in [5.74, 6) is 1.59. The van der Waals surface area contributed by atoms with Gasteiger partial charge in [0.05, 0.1) is 5.82 Å². The van der Waals surface area contributed by atoms with Crippen LogP contribution in [0.2, 0.25) is 0 Å². The first kappa shape index (κ1) is 18.5. The number of aromatic nitrogens is 4. The molecule has 0 amide bonds. The minimum Gasteiger partial charge on any atom is -0.339 e. The third-order valence-electron chi connectivity index (χ3n) is 3.83. The van der Waals surface area contributed by atoms with Crippen molar-refractivity contribution in [2.24, 2.45) is 0 Å². The smallest absolute Gasteiger partial charge is 0.0632 e. The fraction of sp³-hybridized carbons (Fsp3) is 0.316. The molecule has 1 aromatic carbocycles. The molecular weight excluding hydrogens is 476 g/mol. The SMILES string of the molecule is Cc1cccc(C)c1-n1ccnc1-c1[c-]nc(C(C)(C)C)nc1.[Ir]. The maximum atomic E-state index is 4.49. The summed E-state index contributed by atoms with van der Waals surface area (Å²) < 4.78 is 2.08. The van der Waals surface area contributed by atoms with Gasteiger partial charge in [-0.2, -0.15) is 0 Å². The fourth-order valence-corrected chi connectivity index (χ4v) is 2.63. The van der Waals surface area contributed by atoms with Crippen molar-refractivity contribution in [1.29, 1.82) is 0 Å². The van der Waals surface area contributed by atoms with Gasteiger partial charge in [0.15, 0.2) is 0 Å². The Balaban J connectivity index is 0.00000208. The molecule has 0 unspecified atom stereocenters. The standard InChI is InChI=1S/C19H21N4.Ir/c1-13-7-6-8-14(2)16(13)23-10-9-20-17(23)15-11-21-18(22-12-15)19(3,4)5;/h6-11H,1-5H3;/q-1;. The van der Waals surface area contributed by atoms with Gasteiger partial charge in [-0.25, -0.2) is 0 Å². The second-order valence-electron chi connectivity index (χ2n) is 6.83. The molecule has 0 N–H and O–H groups in total. The van der Waals surface area contributed by atoms with Gasteiger partial charge in [0, 0.05) is 44.0 Å². The predicted molar refractivity (Wildman–Crippen MR) is 91.6 cm³/mol. The van der Waals surface area contributed by atoms with E-state index in [-0.39, 0.29) is 25.5 Å². The first-order valence-electron chi connectivity index (χ1n) is 7.73. The van der Waals surface area contributed by atoms with Crippen LogP contribution in [0.3, 0.4) is 0 Å². The third-order valence-corrected chi connectivity index (χ3v) is 3.83. The molecule has 3 aromatic rings. The number of hydrogen-bond acceptors (Lipinski definition) is 3. The Morgan fingerprint density at radius 2 is 1.71 bits per heavy atom. The number of imidazole rings is 1. The fourth-order valence-electron chi connectivity index (χ4n) is 2.63. The van der Waals surface area contributed by atoms with Gasteiger partial charge < -0.3 is 14.5 Å². The van der Waals surface area contributed by atoms with Crippen LogP contribution in [-0.4, -0.2) is 19.5 Å². The molecular formula is C19H21IrN4-. The molecule has 2 aromatic heterocycles. The Bertz CT molecular complexity index is 809. The molecule has 0 atom stereocenters. The van der Waals surface area contributed by atoms with Crippen molar-refractivity contribution in [2.75, 3.05) is 0 Å². The molecule has 0 saturated heterocycles. The Kier molecular flexibility index (Phi) is 5.36. The van der Waals surface area contributed by atoms with Crippen molar-refractivity contribution >= 4 is 0 Å². The second kappa shape index (κ2) is 6.96. The van der Waals surface area contributed by atoms with Gasteiger partial charge in [-0.05, 0) is 36.6 Å². The summed E-state index contributed by atoms with van der Waals surface area (Å²) in [5, 5.41) is 0. The maximum Gasteiger partial charge on any atom is 0.0632 e. The van der Waals surface area contributed by atoms with Crippen molar-refractivity contribution in [2.45, 2.75) is 40.0 Å². The monoisotopic (exact) mass is 498 g/mol. The molecule has 0 bridgehead atoms. The first-order chi connectivity index (χ1) is 10.9. The van der Waals surface area contributed by atoms with Crippen LogP contribution < -0.4 is 0 Å². The molecule has 0 saturated carbocycles. The van der Waals surface area contributed by atoms with Crippen LogP contribution >= 0.6 is 0 Å². The van der Waals surface area contributed by atoms with Crippen LogP contribution in [0.5, 0.6) is 0 Å². The normalized spacial score (nSPS) is 11.2. The average molecular weight is 498 g/mol. The summed E-state index contributed by atoms with van der Waals surface area (Å²) in [4.78, 5) is 13.4. The number of para-hydroxylation sites is 1. The van der Waals surface area contributed by atoms with Crippen molar-refractivity contribution in [3.8, 4) is 17.1 Å². The summed E-state index contributed by atoms with van der Waals surface area (Å²) in [7, 11) is 0. The average Bonchev–Trinajstić information content (AvgIpc) is 2.95. The van der Waals surface area contributed by atoms with E-state index in [0.29, 0.717) is 0 Å². The van der Waals surface area contributed by atoms with Crippen LogP contribution in [0.1, 0.15) is 37.7 Å². The summed E-state index contributed by atoms with van der Waals surface area (Å²) in [6.07, 6.45) is 8.67. The van der Waals surface area contributed by atoms with E-state index in [1.54, 1.807) is 12.4 Å². The van der Waals surface area contributed by atoms with E-state index in [2.05, 4.69) is 78.5 Å². The van der Waals surface area contributed by atoms with Gasteiger partial charge in [-0.1, -0.05) is 50.7 Å². The second-order valence-corrected chi connectivity index (χ2v) is 6.83. The third kappa shape index (κ3) is 3.47. The van der Waals surface area contributed by atoms with Crippen molar-refractivity contribution in [3.63, 3.8) is 0 Å². The van der Waals surface area contributed by atoms with Crippen LogP contribution in [0.4, 0.5) is 0 Å². The summed E-state index contributed by atoms with van der Waals surface area (Å²) in [5.41, 5.74) is 4.27. The van der Waals surface area contributed by atoms with Crippen molar-refractivity contribution < 1.29 is 20.1 Å². The number of hydrogen-bond donors (Lipinski definition) is 0. The topological polar surface area (TPSA) is 43.6 Å². The van der Waals surface area contributed by atoms with E-state index in [1.807, 2.05) is 6.20 Å². The molecule has 0 aliphatic heterocycles. The zero-order chi connectivity index (χ0) is 16.6. The van der Waals surface area contributed by atoms with E-state index in [1.165, 1.54) is 11.1 Å². The predicted octanol–water partition coefficient (Wildman–Crippen LogP) is 4.04. The molecule has 24 heavy (non-hydrogen) atoms. The zero-order valence-corrected chi connectivity index (χ0v) is 17.0. The van der Waals surface area contributed by atoms with E-state index in [9.17, 15) is 0 Å². The molecule has 4 nitrogen and oxygen atoms in total. The van der Waals surface area contributed by atoms with Crippen LogP contribution in [-0.2, 0) is 25.5 Å². The molecule has 0 fully saturated rings. The summed E-state index contributed by atoms with van der Waals surface area (Å²) >= 11 is 0. The molecule has 5 heteroatoms. The quantitative estimate of drug-likeness (QED) is 0.502. The van der Waals surface area contributed by atoms with E-state index in [0.717, 1.165) is 22.9 Å². The summed E-state index contributed by atoms with van der Waals surface area (Å²) in [6, 6.07) is 6.28. The van der Waals surface area contributed by atoms with Crippen LogP contribution in [0, 0.1) is 20.0 Å². The largest absolute Gasteiger partial charge is 0.339 e. The molecule has 2 heterocycles. The van der Waals surface area contributed by atoms with Gasteiger partial charge in [-0.3, -0.25) is 4.98 Å². The molecule has 1 radical (unpaired) electrons. The number of benzene rings is 1. The first-order valence-corrected chi connectivity index (χ1v) is 7.73. The Morgan fingerprint density at radius 1 is 1.04 bits per heavy atom. The Labute approximate surface area is 156 Å². The summed E-state index contributed by atoms with van der Waals surface area (Å²) in [6.45, 7) is 10.5. The van der Waals surface area contributed by atoms with E-state index in [4.69, 9.17) is 0 Å². The van der Waals surface area contributed by atoms with Gasteiger partial charge in [0.2, 0.25) is 0 Å². The molecule has 0 aliphatic carbocycles. The van der Waals surface area contributed by atoms with E-state index >= 15 is 0 Å². The Morgan fingerprint density at radius 3 is 2.25 bits per heavy atom. The van der Waals surface area contributed by atoms with Gasteiger partial charge >= 0.3 is 0 Å².